The van der Waals surface area contributed by atoms with Crippen molar-refractivity contribution in [3.63, 3.8) is 0 Å². The van der Waals surface area contributed by atoms with Crippen LogP contribution in [0.4, 0.5) is 0 Å². The van der Waals surface area contributed by atoms with E-state index in [2.05, 4.69) is 30.9 Å². The van der Waals surface area contributed by atoms with Crippen LogP contribution in [0, 0.1) is 11.8 Å². The number of nitrogens with zero attached hydrogens (tertiary/aromatic N) is 2. The number of hydrogen-bond donors (Lipinski definition) is 0. The van der Waals surface area contributed by atoms with Crippen molar-refractivity contribution in [2.24, 2.45) is 11.8 Å². The summed E-state index contributed by atoms with van der Waals surface area (Å²) in [6.07, 6.45) is 3.68. The number of benzene rings is 1. The van der Waals surface area contributed by atoms with Crippen molar-refractivity contribution in [3.05, 3.63) is 23.8 Å². The molecule has 0 radical (unpaired) electrons. The van der Waals surface area contributed by atoms with E-state index < -0.39 is 0 Å². The van der Waals surface area contributed by atoms with Gasteiger partial charge in [0.1, 0.15) is 0 Å². The minimum Gasteiger partial charge on any atom is -0.454 e. The Hall–Kier alpha value is -1.79. The summed E-state index contributed by atoms with van der Waals surface area (Å²) in [6, 6.07) is 6.56. The molecule has 1 saturated heterocycles. The van der Waals surface area contributed by atoms with Crippen molar-refractivity contribution in [1.29, 1.82) is 0 Å². The van der Waals surface area contributed by atoms with Crippen molar-refractivity contribution < 1.29 is 19.0 Å². The van der Waals surface area contributed by atoms with Crippen LogP contribution in [0.2, 0.25) is 0 Å². The third-order valence-corrected chi connectivity index (χ3v) is 6.66. The maximum absolute atomic E-state index is 13.0. The minimum atomic E-state index is 0.217. The molecule has 28 heavy (non-hydrogen) atoms. The van der Waals surface area contributed by atoms with Gasteiger partial charge >= 0.3 is 0 Å². The van der Waals surface area contributed by atoms with Gasteiger partial charge in [0.2, 0.25) is 12.7 Å². The fourth-order valence-electron chi connectivity index (χ4n) is 4.72. The molecule has 6 nitrogen and oxygen atoms in total. The van der Waals surface area contributed by atoms with E-state index in [9.17, 15) is 4.79 Å². The SMILES string of the molecule is C[C@@H]1[C@H](C)CCC[C@H]1N(CC(=O)N1CCOCC1)Cc1ccc2c(c1)OCO2. The van der Waals surface area contributed by atoms with E-state index in [0.29, 0.717) is 50.7 Å². The van der Waals surface area contributed by atoms with Gasteiger partial charge in [0.15, 0.2) is 11.5 Å². The van der Waals surface area contributed by atoms with Gasteiger partial charge in [-0.15, -0.1) is 0 Å². The van der Waals surface area contributed by atoms with Crippen molar-refractivity contribution in [2.45, 2.75) is 45.7 Å². The number of ether oxygens (including phenoxy) is 3. The molecule has 1 saturated carbocycles. The number of carbonyl (C=O) groups excluding carboxylic acids is 1. The maximum Gasteiger partial charge on any atom is 0.236 e. The molecular formula is C22H32N2O4. The molecule has 0 aromatic heterocycles. The van der Waals surface area contributed by atoms with Crippen molar-refractivity contribution in [3.8, 4) is 11.5 Å². The minimum absolute atomic E-state index is 0.217. The Bertz CT molecular complexity index is 689. The van der Waals surface area contributed by atoms with E-state index in [0.717, 1.165) is 24.5 Å². The zero-order valence-corrected chi connectivity index (χ0v) is 17.1. The second kappa shape index (κ2) is 8.70. The molecule has 154 valence electrons. The van der Waals surface area contributed by atoms with E-state index in [1.807, 2.05) is 11.0 Å². The van der Waals surface area contributed by atoms with Gasteiger partial charge in [-0.25, -0.2) is 0 Å². The van der Waals surface area contributed by atoms with E-state index >= 15 is 0 Å². The molecule has 0 bridgehead atoms. The number of amides is 1. The fourth-order valence-corrected chi connectivity index (χ4v) is 4.72. The Balaban J connectivity index is 1.51. The first-order valence-electron chi connectivity index (χ1n) is 10.6. The second-order valence-electron chi connectivity index (χ2n) is 8.42. The zero-order chi connectivity index (χ0) is 19.5. The highest BCUT2D eigenvalue weighted by atomic mass is 16.7. The van der Waals surface area contributed by atoms with Crippen LogP contribution in [0.25, 0.3) is 0 Å². The van der Waals surface area contributed by atoms with Crippen molar-refractivity contribution in [2.75, 3.05) is 39.6 Å². The van der Waals surface area contributed by atoms with Crippen LogP contribution in [-0.2, 0) is 16.1 Å². The third-order valence-electron chi connectivity index (χ3n) is 6.66. The summed E-state index contributed by atoms with van der Waals surface area (Å²) in [5, 5.41) is 0. The van der Waals surface area contributed by atoms with E-state index in [4.69, 9.17) is 14.2 Å². The Morgan fingerprint density at radius 1 is 1.14 bits per heavy atom. The quantitative estimate of drug-likeness (QED) is 0.776. The summed E-state index contributed by atoms with van der Waals surface area (Å²) >= 11 is 0. The predicted octanol–water partition coefficient (Wildman–Crippen LogP) is 2.90. The molecule has 0 unspecified atom stereocenters. The summed E-state index contributed by atoms with van der Waals surface area (Å²) in [7, 11) is 0. The molecule has 1 aromatic carbocycles. The fraction of sp³-hybridized carbons (Fsp3) is 0.682. The largest absolute Gasteiger partial charge is 0.454 e. The monoisotopic (exact) mass is 388 g/mol. The van der Waals surface area contributed by atoms with Crippen LogP contribution >= 0.6 is 0 Å². The first kappa shape index (κ1) is 19.5. The maximum atomic E-state index is 13.0. The number of hydrogen-bond acceptors (Lipinski definition) is 5. The standard InChI is InChI=1S/C22H32N2O4/c1-16-4-3-5-19(17(16)2)24(14-22(25)23-8-10-26-11-9-23)13-18-6-7-20-21(12-18)28-15-27-20/h6-7,12,16-17,19H,3-5,8-11,13-15H2,1-2H3/t16-,17-,19-/m1/s1. The van der Waals surface area contributed by atoms with Crippen LogP contribution in [-0.4, -0.2) is 61.4 Å². The first-order chi connectivity index (χ1) is 13.6. The Morgan fingerprint density at radius 3 is 2.75 bits per heavy atom. The molecule has 2 fully saturated rings. The highest BCUT2D eigenvalue weighted by molar-refractivity contribution is 5.78. The number of carbonyl (C=O) groups is 1. The van der Waals surface area contributed by atoms with Crippen molar-refractivity contribution in [1.82, 2.24) is 9.80 Å². The molecule has 0 spiro atoms. The molecule has 2 heterocycles. The summed E-state index contributed by atoms with van der Waals surface area (Å²) in [5.74, 6) is 3.10. The van der Waals surface area contributed by atoms with Gasteiger partial charge in [0, 0.05) is 25.7 Å². The highest BCUT2D eigenvalue weighted by Crippen LogP contribution is 2.36. The van der Waals surface area contributed by atoms with Crippen LogP contribution in [0.3, 0.4) is 0 Å². The molecular weight excluding hydrogens is 356 g/mol. The van der Waals surface area contributed by atoms with Gasteiger partial charge in [0.05, 0.1) is 19.8 Å². The molecule has 0 N–H and O–H groups in total. The summed E-state index contributed by atoms with van der Waals surface area (Å²) < 4.78 is 16.4. The van der Waals surface area contributed by atoms with Gasteiger partial charge in [0.25, 0.3) is 0 Å². The van der Waals surface area contributed by atoms with Crippen LogP contribution in [0.5, 0.6) is 11.5 Å². The number of fused-ring (bicyclic) bond motifs is 1. The molecule has 6 heteroatoms. The Morgan fingerprint density at radius 2 is 1.93 bits per heavy atom. The topological polar surface area (TPSA) is 51.2 Å². The Kier molecular flexibility index (Phi) is 6.07. The summed E-state index contributed by atoms with van der Waals surface area (Å²) in [5.41, 5.74) is 1.17. The molecule has 1 amide bonds. The predicted molar refractivity (Wildman–Crippen MR) is 106 cm³/mol. The van der Waals surface area contributed by atoms with E-state index in [1.165, 1.54) is 18.4 Å². The lowest BCUT2D eigenvalue weighted by Crippen LogP contribution is -2.50. The lowest BCUT2D eigenvalue weighted by molar-refractivity contribution is -0.138. The molecule has 3 atom stereocenters. The molecule has 4 rings (SSSR count). The van der Waals surface area contributed by atoms with Gasteiger partial charge in [-0.05, 0) is 36.0 Å². The van der Waals surface area contributed by atoms with Crippen LogP contribution in [0.1, 0.15) is 38.7 Å². The second-order valence-corrected chi connectivity index (χ2v) is 8.42. The van der Waals surface area contributed by atoms with Crippen LogP contribution in [0.15, 0.2) is 18.2 Å². The third kappa shape index (κ3) is 4.28. The smallest absolute Gasteiger partial charge is 0.236 e. The van der Waals surface area contributed by atoms with Gasteiger partial charge in [-0.2, -0.15) is 0 Å². The number of rotatable bonds is 5. The Labute approximate surface area is 167 Å². The lowest BCUT2D eigenvalue weighted by atomic mass is 9.77. The lowest BCUT2D eigenvalue weighted by Gasteiger charge is -2.42. The van der Waals surface area contributed by atoms with E-state index in [-0.39, 0.29) is 12.7 Å². The molecule has 3 aliphatic rings. The normalized spacial score (nSPS) is 27.2. The van der Waals surface area contributed by atoms with Crippen molar-refractivity contribution >= 4 is 5.91 Å². The van der Waals surface area contributed by atoms with Crippen LogP contribution < -0.4 is 9.47 Å². The average molecular weight is 389 g/mol. The average Bonchev–Trinajstić information content (AvgIpc) is 3.18. The first-order valence-corrected chi connectivity index (χ1v) is 10.6. The summed E-state index contributed by atoms with van der Waals surface area (Å²) in [4.78, 5) is 17.4. The molecule has 1 aliphatic carbocycles. The zero-order valence-electron chi connectivity index (χ0n) is 17.1. The van der Waals surface area contributed by atoms with Gasteiger partial charge in [-0.3, -0.25) is 9.69 Å². The van der Waals surface area contributed by atoms with E-state index in [1.54, 1.807) is 0 Å². The summed E-state index contributed by atoms with van der Waals surface area (Å²) in [6.45, 7) is 8.90. The van der Waals surface area contributed by atoms with Gasteiger partial charge < -0.3 is 19.1 Å². The number of morpholine rings is 1. The highest BCUT2D eigenvalue weighted by Gasteiger charge is 2.33. The van der Waals surface area contributed by atoms with Gasteiger partial charge in [-0.1, -0.05) is 32.8 Å². The molecule has 2 aliphatic heterocycles. The molecule has 1 aromatic rings.